The van der Waals surface area contributed by atoms with Gasteiger partial charge in [-0.25, -0.2) is 4.79 Å². The van der Waals surface area contributed by atoms with Gasteiger partial charge in [0.15, 0.2) is 5.76 Å². The molecule has 0 aliphatic carbocycles. The first-order valence-electron chi connectivity index (χ1n) is 12.7. The fourth-order valence-corrected chi connectivity index (χ4v) is 4.03. The molecule has 1 atom stereocenters. The van der Waals surface area contributed by atoms with Crippen molar-refractivity contribution < 1.29 is 33.4 Å². The number of hydrogen-bond acceptors (Lipinski definition) is 6. The molecule has 3 aromatic carbocycles. The highest BCUT2D eigenvalue weighted by atomic mass is 16.5. The second kappa shape index (κ2) is 13.6. The monoisotopic (exact) mass is 543 g/mol. The number of alkyl carbamates (subject to hydrolysis) is 1. The Morgan fingerprint density at radius 2 is 1.62 bits per heavy atom. The molecule has 0 spiro atoms. The van der Waals surface area contributed by atoms with E-state index >= 15 is 0 Å². The molecule has 0 unspecified atom stereocenters. The maximum absolute atomic E-state index is 13.2. The van der Waals surface area contributed by atoms with Gasteiger partial charge in [-0.2, -0.15) is 0 Å². The van der Waals surface area contributed by atoms with Gasteiger partial charge >= 0.3 is 12.1 Å². The van der Waals surface area contributed by atoms with E-state index < -0.39 is 29.9 Å². The zero-order chi connectivity index (χ0) is 28.3. The Bertz CT molecular complexity index is 1450. The summed E-state index contributed by atoms with van der Waals surface area (Å²) in [6, 6.07) is 23.5. The Balaban J connectivity index is 1.37. The minimum atomic E-state index is -0.991. The second-order valence-electron chi connectivity index (χ2n) is 9.07. The van der Waals surface area contributed by atoms with Gasteiger partial charge in [-0.05, 0) is 48.2 Å². The average molecular weight is 544 g/mol. The summed E-state index contributed by atoms with van der Waals surface area (Å²) < 4.78 is 10.8. The number of ether oxygens (including phenoxy) is 1. The van der Waals surface area contributed by atoms with Crippen molar-refractivity contribution in [3.05, 3.63) is 102 Å². The third kappa shape index (κ3) is 8.19. The number of para-hydroxylation sites is 1. The number of carboxylic acid groups (broad SMARTS) is 1. The molecule has 10 nitrogen and oxygen atoms in total. The predicted octanol–water partition coefficient (Wildman–Crippen LogP) is 4.50. The maximum atomic E-state index is 13.2. The molecule has 0 fully saturated rings. The van der Waals surface area contributed by atoms with E-state index in [0.717, 1.165) is 10.9 Å². The van der Waals surface area contributed by atoms with E-state index in [1.165, 1.54) is 0 Å². The number of aliphatic carboxylic acids is 1. The molecule has 0 bridgehead atoms. The van der Waals surface area contributed by atoms with Crippen LogP contribution in [0.1, 0.15) is 34.5 Å². The van der Waals surface area contributed by atoms with Crippen LogP contribution in [0.3, 0.4) is 0 Å². The molecule has 0 aliphatic rings. The number of benzene rings is 3. The van der Waals surface area contributed by atoms with E-state index in [2.05, 4.69) is 16.0 Å². The third-order valence-corrected chi connectivity index (χ3v) is 5.97. The van der Waals surface area contributed by atoms with Crippen molar-refractivity contribution in [2.24, 2.45) is 0 Å². The number of anilines is 1. The molecular formula is C30H29N3O7. The molecule has 0 saturated carbocycles. The minimum Gasteiger partial charge on any atom is -0.481 e. The molecule has 4 N–H and O–H groups in total. The fourth-order valence-electron chi connectivity index (χ4n) is 4.03. The predicted molar refractivity (Wildman–Crippen MR) is 148 cm³/mol. The van der Waals surface area contributed by atoms with Gasteiger partial charge in [0, 0.05) is 17.6 Å². The average Bonchev–Trinajstić information content (AvgIpc) is 3.38. The third-order valence-electron chi connectivity index (χ3n) is 5.97. The second-order valence-corrected chi connectivity index (χ2v) is 9.07. The molecule has 4 aromatic rings. The van der Waals surface area contributed by atoms with Crippen LogP contribution in [0.2, 0.25) is 0 Å². The van der Waals surface area contributed by atoms with E-state index in [0.29, 0.717) is 23.3 Å². The van der Waals surface area contributed by atoms with Crippen molar-refractivity contribution in [1.82, 2.24) is 10.6 Å². The summed E-state index contributed by atoms with van der Waals surface area (Å²) in [6.07, 6.45) is -0.225. The topological polar surface area (TPSA) is 147 Å². The lowest BCUT2D eigenvalue weighted by atomic mass is 10.1. The Morgan fingerprint density at radius 1 is 0.875 bits per heavy atom. The van der Waals surface area contributed by atoms with Crippen molar-refractivity contribution in [2.75, 3.05) is 11.9 Å². The molecule has 3 amide bonds. The molecule has 206 valence electrons. The summed E-state index contributed by atoms with van der Waals surface area (Å²) >= 11 is 0. The van der Waals surface area contributed by atoms with Crippen LogP contribution in [-0.2, 0) is 27.4 Å². The summed E-state index contributed by atoms with van der Waals surface area (Å²) in [5.74, 6) is -1.99. The van der Waals surface area contributed by atoms with Crippen LogP contribution in [0.4, 0.5) is 10.5 Å². The molecule has 0 radical (unpaired) electrons. The van der Waals surface area contributed by atoms with Gasteiger partial charge in [0.2, 0.25) is 5.91 Å². The lowest BCUT2D eigenvalue weighted by Crippen LogP contribution is -2.44. The molecule has 0 aliphatic heterocycles. The maximum Gasteiger partial charge on any atom is 0.407 e. The van der Waals surface area contributed by atoms with Crippen LogP contribution >= 0.6 is 0 Å². The molecule has 1 aromatic heterocycles. The van der Waals surface area contributed by atoms with Crippen LogP contribution in [0.15, 0.2) is 89.3 Å². The molecule has 1 heterocycles. The van der Waals surface area contributed by atoms with E-state index in [1.54, 1.807) is 42.5 Å². The normalized spacial score (nSPS) is 11.4. The highest BCUT2D eigenvalue weighted by Gasteiger charge is 2.23. The number of amides is 3. The highest BCUT2D eigenvalue weighted by molar-refractivity contribution is 6.01. The summed E-state index contributed by atoms with van der Waals surface area (Å²) in [7, 11) is 0. The van der Waals surface area contributed by atoms with Crippen molar-refractivity contribution in [3.8, 4) is 0 Å². The van der Waals surface area contributed by atoms with E-state index in [1.807, 2.05) is 42.5 Å². The first kappa shape index (κ1) is 27.9. The van der Waals surface area contributed by atoms with Crippen molar-refractivity contribution in [1.29, 1.82) is 0 Å². The van der Waals surface area contributed by atoms with E-state index in [-0.39, 0.29) is 31.8 Å². The van der Waals surface area contributed by atoms with Gasteiger partial charge in [0.1, 0.15) is 18.2 Å². The standard InChI is InChI=1S/C30H29N3O7/c34-27(35)17-21-10-6-12-23(16-21)32-28(36)24(33-29(37)26-18-22-11-4-5-14-25(22)40-26)13-7-15-31-30(38)39-19-20-8-2-1-3-9-20/h1-6,8-12,14,16,18,24H,7,13,15,17,19H2,(H,31,38)(H,32,36)(H,33,37)(H,34,35)/t24-/m0/s1. The lowest BCUT2D eigenvalue weighted by molar-refractivity contribution is -0.136. The van der Waals surface area contributed by atoms with E-state index in [4.69, 9.17) is 14.3 Å². The molecule has 10 heteroatoms. The highest BCUT2D eigenvalue weighted by Crippen LogP contribution is 2.19. The quantitative estimate of drug-likeness (QED) is 0.192. The van der Waals surface area contributed by atoms with Gasteiger partial charge in [0.25, 0.3) is 5.91 Å². The Kier molecular flexibility index (Phi) is 9.49. The van der Waals surface area contributed by atoms with Gasteiger partial charge in [-0.15, -0.1) is 0 Å². The first-order chi connectivity index (χ1) is 19.4. The Hall–Kier alpha value is -5.12. The zero-order valence-electron chi connectivity index (χ0n) is 21.6. The zero-order valence-corrected chi connectivity index (χ0v) is 21.6. The van der Waals surface area contributed by atoms with Crippen LogP contribution in [0.5, 0.6) is 0 Å². The van der Waals surface area contributed by atoms with Crippen LogP contribution in [0, 0.1) is 0 Å². The number of fused-ring (bicyclic) bond motifs is 1. The summed E-state index contributed by atoms with van der Waals surface area (Å²) in [5.41, 5.74) is 2.32. The Morgan fingerprint density at radius 3 is 2.40 bits per heavy atom. The first-order valence-corrected chi connectivity index (χ1v) is 12.7. The van der Waals surface area contributed by atoms with Gasteiger partial charge in [-0.3, -0.25) is 14.4 Å². The molecule has 0 saturated heterocycles. The van der Waals surface area contributed by atoms with Crippen LogP contribution < -0.4 is 16.0 Å². The molecule has 40 heavy (non-hydrogen) atoms. The summed E-state index contributed by atoms with van der Waals surface area (Å²) in [6.45, 7) is 0.345. The molecular weight excluding hydrogens is 514 g/mol. The summed E-state index contributed by atoms with van der Waals surface area (Å²) in [5, 5.41) is 17.9. The van der Waals surface area contributed by atoms with Crippen LogP contribution in [0.25, 0.3) is 11.0 Å². The van der Waals surface area contributed by atoms with E-state index in [9.17, 15) is 19.2 Å². The largest absolute Gasteiger partial charge is 0.481 e. The number of rotatable bonds is 12. The van der Waals surface area contributed by atoms with Crippen molar-refractivity contribution >= 4 is 40.5 Å². The lowest BCUT2D eigenvalue weighted by Gasteiger charge is -2.18. The number of hydrogen-bond donors (Lipinski definition) is 4. The number of carbonyl (C=O) groups is 4. The van der Waals surface area contributed by atoms with Crippen LogP contribution in [-0.4, -0.2) is 41.6 Å². The number of carboxylic acids is 1. The van der Waals surface area contributed by atoms with Gasteiger partial charge in [-0.1, -0.05) is 60.7 Å². The SMILES string of the molecule is O=C(O)Cc1cccc(NC(=O)[C@H](CCCNC(=O)OCc2ccccc2)NC(=O)c2cc3ccccc3o2)c1. The summed E-state index contributed by atoms with van der Waals surface area (Å²) in [4.78, 5) is 49.3. The Labute approximate surface area is 230 Å². The molecule has 4 rings (SSSR count). The van der Waals surface area contributed by atoms with Gasteiger partial charge in [0.05, 0.1) is 6.42 Å². The number of nitrogens with one attached hydrogen (secondary N) is 3. The van der Waals surface area contributed by atoms with Crippen molar-refractivity contribution in [2.45, 2.75) is 31.9 Å². The fraction of sp³-hybridized carbons (Fsp3) is 0.200. The smallest absolute Gasteiger partial charge is 0.407 e. The number of furan rings is 1. The van der Waals surface area contributed by atoms with Gasteiger partial charge < -0.3 is 30.2 Å². The van der Waals surface area contributed by atoms with Crippen molar-refractivity contribution in [3.63, 3.8) is 0 Å². The minimum absolute atomic E-state index is 0.0603. The number of carbonyl (C=O) groups excluding carboxylic acids is 3.